The van der Waals surface area contributed by atoms with Gasteiger partial charge < -0.3 is 5.11 Å². The van der Waals surface area contributed by atoms with Crippen LogP contribution in [0, 0.1) is 16.9 Å². The van der Waals surface area contributed by atoms with Crippen molar-refractivity contribution in [3.63, 3.8) is 0 Å². The molecule has 0 radical (unpaired) electrons. The quantitative estimate of drug-likeness (QED) is 0.320. The van der Waals surface area contributed by atoms with E-state index in [-0.39, 0.29) is 12.0 Å². The molecule has 0 spiro atoms. The molecular weight excluding hydrogens is 198 g/mol. The minimum atomic E-state index is -0.0210. The topological polar surface area (TPSA) is 68.4 Å². The van der Waals surface area contributed by atoms with Crippen LogP contribution in [0.25, 0.3) is 0 Å². The standard InChI is InChI=1S/C9H17N3OS/c1-9(2,4-5-13)6-11-8(14-3)12-7-10/h13H,4-6H2,1-3H3,(H,11,12). The van der Waals surface area contributed by atoms with Crippen LogP contribution in [0.4, 0.5) is 0 Å². The van der Waals surface area contributed by atoms with Gasteiger partial charge in [-0.15, -0.1) is 0 Å². The maximum Gasteiger partial charge on any atom is 0.183 e. The SMILES string of the molecule is CSC(=NCC(C)(C)CCO)NC#N. The molecule has 0 aromatic rings. The summed E-state index contributed by atoms with van der Waals surface area (Å²) in [6.45, 7) is 4.86. The third kappa shape index (κ3) is 5.84. The number of aliphatic hydroxyl groups excluding tert-OH is 1. The molecule has 0 saturated heterocycles. The van der Waals surface area contributed by atoms with Gasteiger partial charge in [0.2, 0.25) is 0 Å². The molecule has 0 fully saturated rings. The molecule has 0 aliphatic rings. The van der Waals surface area contributed by atoms with Crippen molar-refractivity contribution in [2.75, 3.05) is 19.4 Å². The molecule has 0 atom stereocenters. The molecule has 0 bridgehead atoms. The second-order valence-electron chi connectivity index (χ2n) is 3.70. The van der Waals surface area contributed by atoms with Crippen molar-refractivity contribution in [2.45, 2.75) is 20.3 Å². The summed E-state index contributed by atoms with van der Waals surface area (Å²) >= 11 is 1.41. The van der Waals surface area contributed by atoms with E-state index < -0.39 is 0 Å². The average Bonchev–Trinajstić information content (AvgIpc) is 2.12. The number of aliphatic imine (C=N–C) groups is 1. The van der Waals surface area contributed by atoms with Gasteiger partial charge in [-0.05, 0) is 18.1 Å². The maximum absolute atomic E-state index is 8.81. The fraction of sp³-hybridized carbons (Fsp3) is 0.778. The Bertz CT molecular complexity index is 233. The van der Waals surface area contributed by atoms with Gasteiger partial charge in [-0.1, -0.05) is 25.6 Å². The van der Waals surface area contributed by atoms with E-state index >= 15 is 0 Å². The van der Waals surface area contributed by atoms with Crippen molar-refractivity contribution < 1.29 is 5.11 Å². The first-order valence-corrected chi connectivity index (χ1v) is 5.62. The number of nitrogens with zero attached hydrogens (tertiary/aromatic N) is 2. The van der Waals surface area contributed by atoms with Gasteiger partial charge in [0.25, 0.3) is 0 Å². The lowest BCUT2D eigenvalue weighted by atomic mass is 9.90. The first-order valence-electron chi connectivity index (χ1n) is 4.40. The van der Waals surface area contributed by atoms with Gasteiger partial charge in [0.05, 0.1) is 0 Å². The van der Waals surface area contributed by atoms with Crippen molar-refractivity contribution in [3.8, 4) is 6.19 Å². The predicted molar refractivity (Wildman–Crippen MR) is 60.0 cm³/mol. The fourth-order valence-corrected chi connectivity index (χ4v) is 1.21. The smallest absolute Gasteiger partial charge is 0.183 e. The Balaban J connectivity index is 4.17. The molecule has 5 heteroatoms. The number of nitriles is 1. The van der Waals surface area contributed by atoms with E-state index in [1.54, 1.807) is 0 Å². The molecule has 80 valence electrons. The van der Waals surface area contributed by atoms with Crippen molar-refractivity contribution in [1.29, 1.82) is 5.26 Å². The first kappa shape index (κ1) is 13.3. The summed E-state index contributed by atoms with van der Waals surface area (Å²) in [6.07, 6.45) is 4.41. The largest absolute Gasteiger partial charge is 0.396 e. The third-order valence-electron chi connectivity index (χ3n) is 1.80. The van der Waals surface area contributed by atoms with E-state index in [0.29, 0.717) is 18.1 Å². The van der Waals surface area contributed by atoms with Crippen LogP contribution >= 0.6 is 11.8 Å². The molecule has 0 heterocycles. The zero-order chi connectivity index (χ0) is 11.0. The Kier molecular flexibility index (Phi) is 6.34. The van der Waals surface area contributed by atoms with Gasteiger partial charge in [0.1, 0.15) is 0 Å². The van der Waals surface area contributed by atoms with Crippen molar-refractivity contribution in [3.05, 3.63) is 0 Å². The van der Waals surface area contributed by atoms with Crippen LogP contribution in [0.2, 0.25) is 0 Å². The highest BCUT2D eigenvalue weighted by Gasteiger charge is 2.16. The summed E-state index contributed by atoms with van der Waals surface area (Å²) < 4.78 is 0. The molecule has 0 unspecified atom stereocenters. The number of nitrogens with one attached hydrogen (secondary N) is 1. The lowest BCUT2D eigenvalue weighted by Crippen LogP contribution is -2.21. The van der Waals surface area contributed by atoms with Crippen LogP contribution in [-0.2, 0) is 0 Å². The molecule has 4 nitrogen and oxygen atoms in total. The monoisotopic (exact) mass is 215 g/mol. The van der Waals surface area contributed by atoms with E-state index in [2.05, 4.69) is 10.3 Å². The number of amidine groups is 1. The summed E-state index contributed by atoms with van der Waals surface area (Å²) in [6, 6.07) is 0. The maximum atomic E-state index is 8.81. The number of aliphatic hydroxyl groups is 1. The molecule has 0 aliphatic carbocycles. The van der Waals surface area contributed by atoms with E-state index in [0.717, 1.165) is 0 Å². The number of thioether (sulfide) groups is 1. The van der Waals surface area contributed by atoms with Crippen LogP contribution < -0.4 is 5.32 Å². The second kappa shape index (κ2) is 6.68. The van der Waals surface area contributed by atoms with E-state index in [4.69, 9.17) is 10.4 Å². The summed E-state index contributed by atoms with van der Waals surface area (Å²) in [4.78, 5) is 4.26. The number of rotatable bonds is 4. The van der Waals surface area contributed by atoms with Gasteiger partial charge in [0, 0.05) is 13.2 Å². The van der Waals surface area contributed by atoms with Crippen LogP contribution in [0.5, 0.6) is 0 Å². The Morgan fingerprint density at radius 1 is 1.64 bits per heavy atom. The summed E-state index contributed by atoms with van der Waals surface area (Å²) in [5.41, 5.74) is -0.0210. The van der Waals surface area contributed by atoms with Gasteiger partial charge in [0.15, 0.2) is 11.4 Å². The van der Waals surface area contributed by atoms with E-state index in [9.17, 15) is 0 Å². The normalized spacial score (nSPS) is 12.4. The zero-order valence-corrected chi connectivity index (χ0v) is 9.69. The fourth-order valence-electron chi connectivity index (χ4n) is 0.870. The van der Waals surface area contributed by atoms with Gasteiger partial charge in [-0.25, -0.2) is 0 Å². The Morgan fingerprint density at radius 2 is 2.29 bits per heavy atom. The van der Waals surface area contributed by atoms with Crippen molar-refractivity contribution >= 4 is 16.9 Å². The highest BCUT2D eigenvalue weighted by Crippen LogP contribution is 2.20. The average molecular weight is 215 g/mol. The molecule has 0 aromatic heterocycles. The lowest BCUT2D eigenvalue weighted by Gasteiger charge is -2.20. The molecular formula is C9H17N3OS. The van der Waals surface area contributed by atoms with Crippen LogP contribution in [-0.4, -0.2) is 29.7 Å². The second-order valence-corrected chi connectivity index (χ2v) is 4.50. The third-order valence-corrected chi connectivity index (χ3v) is 2.41. The highest BCUT2D eigenvalue weighted by atomic mass is 32.2. The molecule has 0 rings (SSSR count). The highest BCUT2D eigenvalue weighted by molar-refractivity contribution is 8.13. The Morgan fingerprint density at radius 3 is 2.71 bits per heavy atom. The summed E-state index contributed by atoms with van der Waals surface area (Å²) in [5.74, 6) is 0. The Labute approximate surface area is 89.4 Å². The van der Waals surface area contributed by atoms with Crippen LogP contribution in [0.1, 0.15) is 20.3 Å². The van der Waals surface area contributed by atoms with E-state index in [1.165, 1.54) is 11.8 Å². The summed E-state index contributed by atoms with van der Waals surface area (Å²) in [7, 11) is 0. The van der Waals surface area contributed by atoms with Gasteiger partial charge >= 0.3 is 0 Å². The number of hydrogen-bond donors (Lipinski definition) is 2. The van der Waals surface area contributed by atoms with E-state index in [1.807, 2.05) is 26.3 Å². The van der Waals surface area contributed by atoms with Crippen LogP contribution in [0.3, 0.4) is 0 Å². The Hall–Kier alpha value is -0.730. The molecule has 0 saturated carbocycles. The van der Waals surface area contributed by atoms with Crippen molar-refractivity contribution in [2.24, 2.45) is 10.4 Å². The molecule has 0 aromatic carbocycles. The molecule has 2 N–H and O–H groups in total. The minimum Gasteiger partial charge on any atom is -0.396 e. The van der Waals surface area contributed by atoms with Crippen LogP contribution in [0.15, 0.2) is 4.99 Å². The lowest BCUT2D eigenvalue weighted by molar-refractivity contribution is 0.217. The van der Waals surface area contributed by atoms with Gasteiger partial charge in [-0.3, -0.25) is 10.3 Å². The molecule has 14 heavy (non-hydrogen) atoms. The van der Waals surface area contributed by atoms with Gasteiger partial charge in [-0.2, -0.15) is 5.26 Å². The predicted octanol–water partition coefficient (Wildman–Crippen LogP) is 1.18. The van der Waals surface area contributed by atoms with Crippen molar-refractivity contribution in [1.82, 2.24) is 5.32 Å². The number of hydrogen-bond acceptors (Lipinski definition) is 4. The zero-order valence-electron chi connectivity index (χ0n) is 8.87. The molecule has 0 amide bonds. The first-order chi connectivity index (χ1) is 6.55. The minimum absolute atomic E-state index is 0.0210. The molecule has 0 aliphatic heterocycles. The summed E-state index contributed by atoms with van der Waals surface area (Å²) in [5, 5.41) is 20.3.